The molecule has 1 fully saturated rings. The minimum absolute atomic E-state index is 0.0642. The van der Waals surface area contributed by atoms with E-state index in [1.165, 1.54) is 0 Å². The molecule has 1 atom stereocenters. The lowest BCUT2D eigenvalue weighted by atomic mass is 9.99. The van der Waals surface area contributed by atoms with Crippen LogP contribution < -0.4 is 5.32 Å². The van der Waals surface area contributed by atoms with Crippen molar-refractivity contribution in [1.82, 2.24) is 25.4 Å². The molecular formula is C18H27N5O2. The number of urea groups is 1. The van der Waals surface area contributed by atoms with Crippen LogP contribution in [0.2, 0.25) is 0 Å². The molecule has 0 aromatic carbocycles. The molecule has 3 heterocycles. The van der Waals surface area contributed by atoms with Crippen molar-refractivity contribution in [3.63, 3.8) is 0 Å². The average Bonchev–Trinajstić information content (AvgIpc) is 2.96. The highest BCUT2D eigenvalue weighted by atomic mass is 16.4. The number of nitrogens with one attached hydrogen (secondary N) is 2. The summed E-state index contributed by atoms with van der Waals surface area (Å²) in [5.41, 5.74) is 4.03. The number of H-pyrrole nitrogens is 1. The molecule has 0 saturated carbocycles. The van der Waals surface area contributed by atoms with Crippen molar-refractivity contribution >= 4 is 6.03 Å². The molecule has 7 nitrogen and oxygen atoms in total. The van der Waals surface area contributed by atoms with Crippen LogP contribution in [0.3, 0.4) is 0 Å². The van der Waals surface area contributed by atoms with Gasteiger partial charge in [-0.25, -0.2) is 9.78 Å². The van der Waals surface area contributed by atoms with Crippen LogP contribution >= 0.6 is 0 Å². The second-order valence-electron chi connectivity index (χ2n) is 6.81. The molecular weight excluding hydrogens is 318 g/mol. The zero-order valence-electron chi connectivity index (χ0n) is 15.5. The van der Waals surface area contributed by atoms with E-state index in [4.69, 9.17) is 4.42 Å². The normalized spacial score (nSPS) is 18.2. The van der Waals surface area contributed by atoms with Gasteiger partial charge < -0.3 is 14.6 Å². The first-order chi connectivity index (χ1) is 12.0. The quantitative estimate of drug-likeness (QED) is 0.892. The van der Waals surface area contributed by atoms with E-state index in [0.29, 0.717) is 12.4 Å². The van der Waals surface area contributed by atoms with Gasteiger partial charge in [-0.2, -0.15) is 5.10 Å². The van der Waals surface area contributed by atoms with Crippen LogP contribution in [0.5, 0.6) is 0 Å². The van der Waals surface area contributed by atoms with E-state index in [-0.39, 0.29) is 12.1 Å². The second kappa shape index (κ2) is 7.29. The summed E-state index contributed by atoms with van der Waals surface area (Å²) in [6, 6.07) is -0.00492. The van der Waals surface area contributed by atoms with E-state index in [2.05, 4.69) is 20.5 Å². The van der Waals surface area contributed by atoms with Crippen LogP contribution in [0.15, 0.2) is 4.42 Å². The molecule has 0 spiro atoms. The summed E-state index contributed by atoms with van der Waals surface area (Å²) in [6.07, 6.45) is 4.26. The van der Waals surface area contributed by atoms with Crippen LogP contribution in [-0.4, -0.2) is 32.7 Å². The molecule has 2 aromatic rings. The first-order valence-electron chi connectivity index (χ1n) is 8.96. The number of likely N-dealkylation sites (tertiary alicyclic amines) is 1. The number of carbonyl (C=O) groups excluding carboxylic acids is 1. The number of hydrogen-bond donors (Lipinski definition) is 2. The van der Waals surface area contributed by atoms with Gasteiger partial charge in [0.25, 0.3) is 0 Å². The summed E-state index contributed by atoms with van der Waals surface area (Å²) in [6.45, 7) is 8.86. The van der Waals surface area contributed by atoms with Crippen LogP contribution in [0.1, 0.15) is 66.0 Å². The minimum Gasteiger partial charge on any atom is -0.444 e. The summed E-state index contributed by atoms with van der Waals surface area (Å²) in [5, 5.41) is 10.3. The molecule has 2 N–H and O–H groups in total. The molecule has 3 rings (SSSR count). The van der Waals surface area contributed by atoms with Crippen molar-refractivity contribution in [2.45, 2.75) is 66.0 Å². The topological polar surface area (TPSA) is 87.0 Å². The second-order valence-corrected chi connectivity index (χ2v) is 6.81. The highest BCUT2D eigenvalue weighted by Gasteiger charge is 2.30. The van der Waals surface area contributed by atoms with Gasteiger partial charge >= 0.3 is 6.03 Å². The number of aromatic nitrogens is 3. The Morgan fingerprint density at radius 3 is 2.68 bits per heavy atom. The van der Waals surface area contributed by atoms with Gasteiger partial charge in [0.1, 0.15) is 5.76 Å². The van der Waals surface area contributed by atoms with Gasteiger partial charge in [0.2, 0.25) is 5.89 Å². The van der Waals surface area contributed by atoms with E-state index in [1.807, 2.05) is 32.6 Å². The molecule has 1 aliphatic rings. The summed E-state index contributed by atoms with van der Waals surface area (Å²) in [5.74, 6) is 1.34. The molecule has 2 aromatic heterocycles. The summed E-state index contributed by atoms with van der Waals surface area (Å²) in [7, 11) is 0. The molecule has 0 bridgehead atoms. The number of carbonyl (C=O) groups is 1. The van der Waals surface area contributed by atoms with Gasteiger partial charge in [0, 0.05) is 17.8 Å². The number of aryl methyl sites for hydroxylation is 4. The number of aromatic amines is 1. The summed E-state index contributed by atoms with van der Waals surface area (Å²) >= 11 is 0. The standard InChI is InChI=1S/C18H27N5O2/c1-11-14(4)25-16(20-11)10-19-18(24)23-9-7-5-6-8-15(23)17-12(2)21-22-13(17)3/h15H,5-10H2,1-4H3,(H,19,24)(H,21,22). The summed E-state index contributed by atoms with van der Waals surface area (Å²) < 4.78 is 5.55. The van der Waals surface area contributed by atoms with Crippen molar-refractivity contribution in [2.75, 3.05) is 6.54 Å². The van der Waals surface area contributed by atoms with E-state index in [0.717, 1.165) is 60.6 Å². The van der Waals surface area contributed by atoms with Crippen molar-refractivity contribution in [1.29, 1.82) is 0 Å². The Morgan fingerprint density at radius 1 is 1.24 bits per heavy atom. The van der Waals surface area contributed by atoms with E-state index in [9.17, 15) is 4.79 Å². The van der Waals surface area contributed by atoms with E-state index >= 15 is 0 Å². The SMILES string of the molecule is Cc1nc(CNC(=O)N2CCCCCC2c2c(C)n[nH]c2C)oc1C. The third-order valence-corrected chi connectivity index (χ3v) is 5.00. The van der Waals surface area contributed by atoms with E-state index in [1.54, 1.807) is 0 Å². The highest BCUT2D eigenvalue weighted by Crippen LogP contribution is 2.33. The fourth-order valence-corrected chi connectivity index (χ4v) is 3.57. The predicted octanol–water partition coefficient (Wildman–Crippen LogP) is 3.46. The zero-order chi connectivity index (χ0) is 18.0. The molecule has 25 heavy (non-hydrogen) atoms. The maximum Gasteiger partial charge on any atom is 0.318 e. The molecule has 1 saturated heterocycles. The smallest absolute Gasteiger partial charge is 0.318 e. The fraction of sp³-hybridized carbons (Fsp3) is 0.611. The maximum atomic E-state index is 12.9. The number of hydrogen-bond acceptors (Lipinski definition) is 4. The lowest BCUT2D eigenvalue weighted by Gasteiger charge is -2.30. The molecule has 2 amide bonds. The first-order valence-corrected chi connectivity index (χ1v) is 8.96. The summed E-state index contributed by atoms with van der Waals surface area (Å²) in [4.78, 5) is 19.1. The monoisotopic (exact) mass is 345 g/mol. The predicted molar refractivity (Wildman–Crippen MR) is 94.2 cm³/mol. The number of nitrogens with zero attached hydrogens (tertiary/aromatic N) is 3. The van der Waals surface area contributed by atoms with Gasteiger partial charge in [0.05, 0.1) is 24.0 Å². The Kier molecular flexibility index (Phi) is 5.11. The molecule has 0 radical (unpaired) electrons. The van der Waals surface area contributed by atoms with Crippen LogP contribution in [0, 0.1) is 27.7 Å². The Balaban J connectivity index is 1.75. The van der Waals surface area contributed by atoms with Crippen molar-refractivity contribution in [3.05, 3.63) is 34.3 Å². The molecule has 1 unspecified atom stereocenters. The Labute approximate surface area is 148 Å². The zero-order valence-corrected chi connectivity index (χ0v) is 15.5. The van der Waals surface area contributed by atoms with Crippen molar-refractivity contribution in [3.8, 4) is 0 Å². The third kappa shape index (κ3) is 3.70. The van der Waals surface area contributed by atoms with Crippen LogP contribution in [-0.2, 0) is 6.54 Å². The molecule has 1 aliphatic heterocycles. The average molecular weight is 345 g/mol. The lowest BCUT2D eigenvalue weighted by Crippen LogP contribution is -2.42. The Morgan fingerprint density at radius 2 is 2.04 bits per heavy atom. The lowest BCUT2D eigenvalue weighted by molar-refractivity contribution is 0.174. The van der Waals surface area contributed by atoms with Gasteiger partial charge in [-0.15, -0.1) is 0 Å². The number of rotatable bonds is 3. The maximum absolute atomic E-state index is 12.9. The number of amides is 2. The van der Waals surface area contributed by atoms with Crippen molar-refractivity contribution in [2.24, 2.45) is 0 Å². The number of oxazole rings is 1. The Hall–Kier alpha value is -2.31. The molecule has 7 heteroatoms. The third-order valence-electron chi connectivity index (χ3n) is 5.00. The molecule has 0 aliphatic carbocycles. The van der Waals surface area contributed by atoms with E-state index < -0.39 is 0 Å². The molecule has 136 valence electrons. The minimum atomic E-state index is -0.0691. The van der Waals surface area contributed by atoms with Gasteiger partial charge in [0.15, 0.2) is 0 Å². The van der Waals surface area contributed by atoms with Gasteiger partial charge in [-0.1, -0.05) is 12.8 Å². The largest absolute Gasteiger partial charge is 0.444 e. The van der Waals surface area contributed by atoms with Gasteiger partial charge in [-0.3, -0.25) is 5.10 Å². The Bertz CT molecular complexity index is 710. The highest BCUT2D eigenvalue weighted by molar-refractivity contribution is 5.74. The van der Waals surface area contributed by atoms with Crippen molar-refractivity contribution < 1.29 is 9.21 Å². The fourth-order valence-electron chi connectivity index (χ4n) is 3.57. The first kappa shape index (κ1) is 17.5. The van der Waals surface area contributed by atoms with Crippen LogP contribution in [0.25, 0.3) is 0 Å². The van der Waals surface area contributed by atoms with Crippen LogP contribution in [0.4, 0.5) is 4.79 Å². The van der Waals surface area contributed by atoms with Gasteiger partial charge in [-0.05, 0) is 40.5 Å².